The number of phenolic OH excluding ortho intramolecular Hbond substituents is 1. The third-order valence-electron chi connectivity index (χ3n) is 3.08. The number of aliphatic imine (C=N–C) groups is 1. The lowest BCUT2D eigenvalue weighted by Crippen LogP contribution is -2.42. The van der Waals surface area contributed by atoms with E-state index in [9.17, 15) is 12.8 Å². The van der Waals surface area contributed by atoms with Crippen LogP contribution in [0.5, 0.6) is 5.75 Å². The Morgan fingerprint density at radius 1 is 1.43 bits per heavy atom. The zero-order chi connectivity index (χ0) is 17.5. The number of nitrogens with one attached hydrogen (secondary N) is 2. The van der Waals surface area contributed by atoms with Gasteiger partial charge in [-0.05, 0) is 38.0 Å². The van der Waals surface area contributed by atoms with E-state index < -0.39 is 21.4 Å². The molecule has 1 atom stereocenters. The average molecular weight is 345 g/mol. The van der Waals surface area contributed by atoms with E-state index in [0.717, 1.165) is 0 Å². The van der Waals surface area contributed by atoms with Crippen LogP contribution in [0.4, 0.5) is 4.39 Å². The van der Waals surface area contributed by atoms with Gasteiger partial charge < -0.3 is 15.7 Å². The van der Waals surface area contributed by atoms with Crippen molar-refractivity contribution in [3.05, 3.63) is 29.6 Å². The summed E-state index contributed by atoms with van der Waals surface area (Å²) in [5.41, 5.74) is 0.626. The summed E-state index contributed by atoms with van der Waals surface area (Å²) in [6, 6.07) is 4.04. The number of aromatic hydroxyl groups is 1. The fourth-order valence-electron chi connectivity index (χ4n) is 1.84. The molecule has 1 rings (SSSR count). The van der Waals surface area contributed by atoms with Gasteiger partial charge in [-0.15, -0.1) is 0 Å². The van der Waals surface area contributed by atoms with Crippen LogP contribution in [-0.4, -0.2) is 44.1 Å². The van der Waals surface area contributed by atoms with Gasteiger partial charge in [-0.25, -0.2) is 17.8 Å². The Balaban J connectivity index is 2.67. The van der Waals surface area contributed by atoms with Gasteiger partial charge in [0.1, 0.15) is 9.84 Å². The first-order chi connectivity index (χ1) is 10.7. The van der Waals surface area contributed by atoms with Crippen LogP contribution in [0, 0.1) is 5.82 Å². The van der Waals surface area contributed by atoms with Gasteiger partial charge in [0, 0.05) is 18.8 Å². The summed E-state index contributed by atoms with van der Waals surface area (Å²) in [5.74, 6) is -0.444. The second-order valence-corrected chi connectivity index (χ2v) is 7.70. The monoisotopic (exact) mass is 345 g/mol. The highest BCUT2D eigenvalue weighted by Crippen LogP contribution is 2.16. The van der Waals surface area contributed by atoms with Gasteiger partial charge in [-0.2, -0.15) is 0 Å². The van der Waals surface area contributed by atoms with Gasteiger partial charge in [0.15, 0.2) is 17.5 Å². The second kappa shape index (κ2) is 8.71. The Morgan fingerprint density at radius 2 is 2.13 bits per heavy atom. The molecule has 8 heteroatoms. The summed E-state index contributed by atoms with van der Waals surface area (Å²) >= 11 is 0. The summed E-state index contributed by atoms with van der Waals surface area (Å²) in [5, 5.41) is 15.3. The molecule has 130 valence electrons. The van der Waals surface area contributed by atoms with Gasteiger partial charge >= 0.3 is 0 Å². The maximum Gasteiger partial charge on any atom is 0.191 e. The molecule has 0 fully saturated rings. The number of rotatable bonds is 7. The predicted molar refractivity (Wildman–Crippen MR) is 89.8 cm³/mol. The molecule has 0 amide bonds. The van der Waals surface area contributed by atoms with E-state index in [1.54, 1.807) is 6.07 Å². The summed E-state index contributed by atoms with van der Waals surface area (Å²) in [4.78, 5) is 4.34. The third-order valence-corrected chi connectivity index (χ3v) is 4.06. The molecular weight excluding hydrogens is 321 g/mol. The summed E-state index contributed by atoms with van der Waals surface area (Å²) in [7, 11) is -3.00. The van der Waals surface area contributed by atoms with Crippen LogP contribution in [0.15, 0.2) is 23.2 Å². The van der Waals surface area contributed by atoms with E-state index in [1.165, 1.54) is 18.4 Å². The number of benzene rings is 1. The molecule has 6 nitrogen and oxygen atoms in total. The van der Waals surface area contributed by atoms with Crippen LogP contribution in [0.25, 0.3) is 0 Å². The SMILES string of the molecule is CCNC(=NCc1ccc(O)c(F)c1)NC(C)CCS(C)(=O)=O. The largest absolute Gasteiger partial charge is 0.505 e. The van der Waals surface area contributed by atoms with Crippen molar-refractivity contribution in [3.8, 4) is 5.75 Å². The number of sulfone groups is 1. The second-order valence-electron chi connectivity index (χ2n) is 5.44. The molecule has 0 spiro atoms. The quantitative estimate of drug-likeness (QED) is 0.513. The van der Waals surface area contributed by atoms with E-state index >= 15 is 0 Å². The van der Waals surface area contributed by atoms with E-state index in [0.29, 0.717) is 24.5 Å². The Hall–Kier alpha value is -1.83. The van der Waals surface area contributed by atoms with E-state index in [-0.39, 0.29) is 18.3 Å². The van der Waals surface area contributed by atoms with Crippen LogP contribution in [-0.2, 0) is 16.4 Å². The first kappa shape index (κ1) is 19.2. The smallest absolute Gasteiger partial charge is 0.191 e. The van der Waals surface area contributed by atoms with Gasteiger partial charge in [0.25, 0.3) is 0 Å². The fourth-order valence-corrected chi connectivity index (χ4v) is 2.62. The van der Waals surface area contributed by atoms with E-state index in [4.69, 9.17) is 5.11 Å². The topological polar surface area (TPSA) is 90.8 Å². The number of halogens is 1. The van der Waals surface area contributed by atoms with Crippen molar-refractivity contribution >= 4 is 15.8 Å². The van der Waals surface area contributed by atoms with E-state index in [2.05, 4.69) is 15.6 Å². The molecule has 0 aromatic heterocycles. The highest BCUT2D eigenvalue weighted by molar-refractivity contribution is 7.90. The van der Waals surface area contributed by atoms with Crippen LogP contribution in [0.2, 0.25) is 0 Å². The Kier molecular flexibility index (Phi) is 7.28. The van der Waals surface area contributed by atoms with Gasteiger partial charge in [0.05, 0.1) is 12.3 Å². The number of guanidine groups is 1. The van der Waals surface area contributed by atoms with E-state index in [1.807, 2.05) is 13.8 Å². The number of nitrogens with zero attached hydrogens (tertiary/aromatic N) is 1. The third kappa shape index (κ3) is 7.83. The van der Waals surface area contributed by atoms with Gasteiger partial charge in [0.2, 0.25) is 0 Å². The summed E-state index contributed by atoms with van der Waals surface area (Å²) < 4.78 is 35.7. The zero-order valence-electron chi connectivity index (χ0n) is 13.6. The van der Waals surface area contributed by atoms with Crippen molar-refractivity contribution in [2.75, 3.05) is 18.6 Å². The van der Waals surface area contributed by atoms with Gasteiger partial charge in [-0.1, -0.05) is 6.07 Å². The van der Waals surface area contributed by atoms with Crippen molar-refractivity contribution < 1.29 is 17.9 Å². The molecule has 0 bridgehead atoms. The molecule has 1 unspecified atom stereocenters. The summed E-state index contributed by atoms with van der Waals surface area (Å²) in [6.07, 6.45) is 1.68. The van der Waals surface area contributed by atoms with Crippen molar-refractivity contribution in [2.24, 2.45) is 4.99 Å². The van der Waals surface area contributed by atoms with Crippen molar-refractivity contribution in [2.45, 2.75) is 32.9 Å². The minimum absolute atomic E-state index is 0.0703. The molecule has 0 aliphatic rings. The maximum atomic E-state index is 13.3. The first-order valence-corrected chi connectivity index (χ1v) is 9.47. The predicted octanol–water partition coefficient (Wildman–Crippen LogP) is 1.41. The molecule has 23 heavy (non-hydrogen) atoms. The van der Waals surface area contributed by atoms with Crippen LogP contribution in [0.1, 0.15) is 25.8 Å². The van der Waals surface area contributed by atoms with Crippen molar-refractivity contribution in [3.63, 3.8) is 0 Å². The number of hydrogen-bond donors (Lipinski definition) is 3. The molecule has 0 saturated carbocycles. The molecule has 0 saturated heterocycles. The number of hydrogen-bond acceptors (Lipinski definition) is 4. The first-order valence-electron chi connectivity index (χ1n) is 7.41. The Bertz CT molecular complexity index is 647. The maximum absolute atomic E-state index is 13.3. The lowest BCUT2D eigenvalue weighted by atomic mass is 10.2. The van der Waals surface area contributed by atoms with Crippen molar-refractivity contribution in [1.29, 1.82) is 0 Å². The van der Waals surface area contributed by atoms with Crippen LogP contribution >= 0.6 is 0 Å². The summed E-state index contributed by atoms with van der Waals surface area (Å²) in [6.45, 7) is 4.68. The molecule has 1 aromatic rings. The van der Waals surface area contributed by atoms with Gasteiger partial charge in [-0.3, -0.25) is 0 Å². The highest BCUT2D eigenvalue weighted by Gasteiger charge is 2.09. The zero-order valence-corrected chi connectivity index (χ0v) is 14.5. The van der Waals surface area contributed by atoms with Crippen LogP contribution in [0.3, 0.4) is 0 Å². The Labute approximate surface area is 136 Å². The lowest BCUT2D eigenvalue weighted by Gasteiger charge is -2.17. The molecule has 3 N–H and O–H groups in total. The minimum atomic E-state index is -3.00. The minimum Gasteiger partial charge on any atom is -0.505 e. The van der Waals surface area contributed by atoms with Crippen molar-refractivity contribution in [1.82, 2.24) is 10.6 Å². The standard InChI is InChI=1S/C15H24FN3O3S/c1-4-17-15(19-11(2)7-8-23(3,21)22)18-10-12-5-6-14(20)13(16)9-12/h5-6,9,11,20H,4,7-8,10H2,1-3H3,(H2,17,18,19). The van der Waals surface area contributed by atoms with Crippen LogP contribution < -0.4 is 10.6 Å². The molecule has 0 radical (unpaired) electrons. The molecular formula is C15H24FN3O3S. The molecule has 0 heterocycles. The molecule has 0 aliphatic carbocycles. The number of phenols is 1. The average Bonchev–Trinajstić information content (AvgIpc) is 2.45. The lowest BCUT2D eigenvalue weighted by molar-refractivity contribution is 0.432. The normalized spacial score (nSPS) is 13.7. The molecule has 1 aromatic carbocycles. The highest BCUT2D eigenvalue weighted by atomic mass is 32.2. The Morgan fingerprint density at radius 3 is 2.70 bits per heavy atom. The fraction of sp³-hybridized carbons (Fsp3) is 0.533. The molecule has 0 aliphatic heterocycles.